The predicted molar refractivity (Wildman–Crippen MR) is 125 cm³/mol. The van der Waals surface area contributed by atoms with Crippen molar-refractivity contribution in [2.75, 3.05) is 7.11 Å². The average molecular weight is 524 g/mol. The second-order valence-electron chi connectivity index (χ2n) is 7.71. The largest absolute Gasteiger partial charge is 0.503 e. The first-order valence-corrected chi connectivity index (χ1v) is 11.0. The Morgan fingerprint density at radius 2 is 1.94 bits per heavy atom. The number of Topliss-reactive ketones (excluding diaryl/α,β-unsaturated/α-hetero) is 1. The highest BCUT2D eigenvalue weighted by molar-refractivity contribution is 9.10. The predicted octanol–water partition coefficient (Wildman–Crippen LogP) is 5.28. The van der Waals surface area contributed by atoms with Crippen LogP contribution in [0.3, 0.4) is 0 Å². The summed E-state index contributed by atoms with van der Waals surface area (Å²) in [4.78, 5) is 28.1. The van der Waals surface area contributed by atoms with E-state index in [4.69, 9.17) is 13.6 Å². The number of amides is 1. The van der Waals surface area contributed by atoms with Crippen molar-refractivity contribution in [3.8, 4) is 11.5 Å². The number of fused-ring (bicyclic) bond motifs is 1. The van der Waals surface area contributed by atoms with Gasteiger partial charge < -0.3 is 28.7 Å². The average Bonchev–Trinajstić information content (AvgIpc) is 3.56. The topological polar surface area (TPSA) is 113 Å². The van der Waals surface area contributed by atoms with Crippen molar-refractivity contribution < 1.29 is 33.4 Å². The SMILES string of the molecule is COc1cc(C2C(C(=O)c3cc4ccccc4o3)=C(O)C(=O)N2Cc2ccco2)cc(Br)c1O. The van der Waals surface area contributed by atoms with Crippen LogP contribution in [0.1, 0.15) is 27.9 Å². The van der Waals surface area contributed by atoms with Crippen molar-refractivity contribution in [2.45, 2.75) is 12.6 Å². The number of furan rings is 2. The third-order valence-corrected chi connectivity index (χ3v) is 6.29. The number of rotatable bonds is 6. The minimum Gasteiger partial charge on any atom is -0.503 e. The fourth-order valence-corrected chi connectivity index (χ4v) is 4.56. The third-order valence-electron chi connectivity index (χ3n) is 5.69. The fraction of sp³-hybridized carbons (Fsp3) is 0.120. The van der Waals surface area contributed by atoms with Gasteiger partial charge in [0.1, 0.15) is 11.3 Å². The number of phenols is 1. The number of aromatic hydroxyl groups is 1. The molecule has 5 rings (SSSR count). The number of carbonyl (C=O) groups excluding carboxylic acids is 2. The molecule has 3 heterocycles. The molecule has 172 valence electrons. The van der Waals surface area contributed by atoms with E-state index < -0.39 is 23.5 Å². The van der Waals surface area contributed by atoms with Crippen LogP contribution in [-0.2, 0) is 11.3 Å². The quantitative estimate of drug-likeness (QED) is 0.330. The van der Waals surface area contributed by atoms with Crippen LogP contribution >= 0.6 is 15.9 Å². The van der Waals surface area contributed by atoms with E-state index >= 15 is 0 Å². The number of hydrogen-bond acceptors (Lipinski definition) is 7. The van der Waals surface area contributed by atoms with Gasteiger partial charge >= 0.3 is 0 Å². The van der Waals surface area contributed by atoms with Crippen LogP contribution in [0, 0.1) is 0 Å². The number of ether oxygens (including phenoxy) is 1. The molecule has 0 bridgehead atoms. The van der Waals surface area contributed by atoms with Gasteiger partial charge in [0.05, 0.1) is 36.0 Å². The molecular formula is C25H18BrNO7. The summed E-state index contributed by atoms with van der Waals surface area (Å²) in [7, 11) is 1.39. The lowest BCUT2D eigenvalue weighted by atomic mass is 9.94. The molecule has 0 radical (unpaired) electrons. The molecule has 4 aromatic rings. The summed E-state index contributed by atoms with van der Waals surface area (Å²) in [5.74, 6) is -1.58. The Kier molecular flexibility index (Phi) is 5.41. The summed E-state index contributed by atoms with van der Waals surface area (Å²) in [6.45, 7) is -0.00171. The standard InChI is InChI=1S/C25H18BrNO7/c1-32-18-11-14(9-16(26)22(18)28)21-20(23(29)19-10-13-5-2-3-7-17(13)34-19)24(30)25(31)27(21)12-15-6-4-8-33-15/h2-11,21,28,30H,12H2,1H3. The van der Waals surface area contributed by atoms with Gasteiger partial charge in [-0.25, -0.2) is 0 Å². The molecule has 0 fully saturated rings. The molecule has 0 saturated heterocycles. The van der Waals surface area contributed by atoms with Gasteiger partial charge in [-0.2, -0.15) is 0 Å². The molecule has 0 spiro atoms. The van der Waals surface area contributed by atoms with E-state index in [1.807, 2.05) is 6.07 Å². The van der Waals surface area contributed by atoms with E-state index in [2.05, 4.69) is 15.9 Å². The lowest BCUT2D eigenvalue weighted by Crippen LogP contribution is -2.30. The van der Waals surface area contributed by atoms with Crippen LogP contribution in [0.4, 0.5) is 0 Å². The molecule has 1 amide bonds. The molecule has 1 unspecified atom stereocenters. The van der Waals surface area contributed by atoms with E-state index in [1.54, 1.807) is 42.5 Å². The van der Waals surface area contributed by atoms with Gasteiger partial charge in [-0.15, -0.1) is 0 Å². The third kappa shape index (κ3) is 3.54. The lowest BCUT2D eigenvalue weighted by Gasteiger charge is -2.26. The molecule has 1 atom stereocenters. The first kappa shape index (κ1) is 21.8. The summed E-state index contributed by atoms with van der Waals surface area (Å²) in [6, 6.07) is 14.1. The summed E-state index contributed by atoms with van der Waals surface area (Å²) >= 11 is 3.29. The van der Waals surface area contributed by atoms with Crippen molar-refractivity contribution in [3.05, 3.63) is 93.7 Å². The number of nitrogens with zero attached hydrogens (tertiary/aromatic N) is 1. The number of methoxy groups -OCH3 is 1. The number of halogens is 1. The molecule has 2 N–H and O–H groups in total. The summed E-state index contributed by atoms with van der Waals surface area (Å²) in [5, 5.41) is 21.8. The number of carbonyl (C=O) groups is 2. The molecule has 1 aliphatic heterocycles. The van der Waals surface area contributed by atoms with E-state index in [0.717, 1.165) is 0 Å². The minimum atomic E-state index is -0.996. The number of hydrogen-bond donors (Lipinski definition) is 2. The molecule has 9 heteroatoms. The maximum atomic E-state index is 13.6. The Morgan fingerprint density at radius 1 is 1.15 bits per heavy atom. The van der Waals surface area contributed by atoms with Crippen LogP contribution in [0.2, 0.25) is 0 Å². The van der Waals surface area contributed by atoms with E-state index in [0.29, 0.717) is 26.8 Å². The second-order valence-corrected chi connectivity index (χ2v) is 8.56. The van der Waals surface area contributed by atoms with Crippen molar-refractivity contribution in [3.63, 3.8) is 0 Å². The van der Waals surface area contributed by atoms with Gasteiger partial charge in [0.25, 0.3) is 5.91 Å². The normalized spacial score (nSPS) is 16.0. The zero-order valence-corrected chi connectivity index (χ0v) is 19.4. The fourth-order valence-electron chi connectivity index (χ4n) is 4.10. The first-order valence-electron chi connectivity index (χ1n) is 10.2. The molecule has 1 aliphatic rings. The number of aliphatic hydroxyl groups excluding tert-OH is 1. The van der Waals surface area contributed by atoms with Gasteiger partial charge in [0.15, 0.2) is 23.0 Å². The highest BCUT2D eigenvalue weighted by Gasteiger charge is 2.45. The Bertz CT molecular complexity index is 1420. The maximum Gasteiger partial charge on any atom is 0.290 e. The number of phenolic OH excluding ortho intramolecular Hbond substituents is 1. The van der Waals surface area contributed by atoms with E-state index in [9.17, 15) is 19.8 Å². The van der Waals surface area contributed by atoms with Crippen LogP contribution in [0.15, 0.2) is 85.5 Å². The molecule has 2 aromatic heterocycles. The maximum absolute atomic E-state index is 13.6. The highest BCUT2D eigenvalue weighted by Crippen LogP contribution is 2.45. The highest BCUT2D eigenvalue weighted by atomic mass is 79.9. The van der Waals surface area contributed by atoms with Crippen molar-refractivity contribution in [2.24, 2.45) is 0 Å². The van der Waals surface area contributed by atoms with Gasteiger partial charge in [-0.05, 0) is 57.9 Å². The summed E-state index contributed by atoms with van der Waals surface area (Å²) in [6.07, 6.45) is 1.47. The Morgan fingerprint density at radius 3 is 2.65 bits per heavy atom. The summed E-state index contributed by atoms with van der Waals surface area (Å²) in [5.41, 5.74) is 0.800. The lowest BCUT2D eigenvalue weighted by molar-refractivity contribution is -0.130. The van der Waals surface area contributed by atoms with Crippen LogP contribution in [-0.4, -0.2) is 33.9 Å². The van der Waals surface area contributed by atoms with Gasteiger partial charge in [0, 0.05) is 5.39 Å². The molecule has 0 saturated carbocycles. The Labute approximate surface area is 201 Å². The summed E-state index contributed by atoms with van der Waals surface area (Å²) < 4.78 is 16.7. The zero-order chi connectivity index (χ0) is 24.0. The van der Waals surface area contributed by atoms with Crippen molar-refractivity contribution >= 4 is 38.6 Å². The van der Waals surface area contributed by atoms with Crippen LogP contribution < -0.4 is 4.74 Å². The van der Waals surface area contributed by atoms with Crippen molar-refractivity contribution in [1.29, 1.82) is 0 Å². The minimum absolute atomic E-state index is 0.00171. The van der Waals surface area contributed by atoms with Gasteiger partial charge in [-0.3, -0.25) is 9.59 Å². The second kappa shape index (κ2) is 8.42. The molecule has 2 aromatic carbocycles. The smallest absolute Gasteiger partial charge is 0.290 e. The molecule has 8 nitrogen and oxygen atoms in total. The van der Waals surface area contributed by atoms with Crippen molar-refractivity contribution in [1.82, 2.24) is 4.90 Å². The zero-order valence-electron chi connectivity index (χ0n) is 17.8. The van der Waals surface area contributed by atoms with Crippen LogP contribution in [0.25, 0.3) is 11.0 Å². The first-order chi connectivity index (χ1) is 16.4. The number of aliphatic hydroxyl groups is 1. The van der Waals surface area contributed by atoms with Crippen LogP contribution in [0.5, 0.6) is 11.5 Å². The molecule has 34 heavy (non-hydrogen) atoms. The van der Waals surface area contributed by atoms with Gasteiger partial charge in [-0.1, -0.05) is 18.2 Å². The number of para-hydroxylation sites is 1. The van der Waals surface area contributed by atoms with E-state index in [1.165, 1.54) is 24.3 Å². The monoisotopic (exact) mass is 523 g/mol. The Hall–Kier alpha value is -3.98. The molecule has 0 aliphatic carbocycles. The molecular weight excluding hydrogens is 506 g/mol. The van der Waals surface area contributed by atoms with E-state index in [-0.39, 0.29) is 29.4 Å². The number of benzene rings is 2. The Balaban J connectivity index is 1.65. The van der Waals surface area contributed by atoms with Gasteiger partial charge in [0.2, 0.25) is 5.78 Å². The number of ketones is 1.